The smallest absolute Gasteiger partial charge is 0.273 e. The number of benzene rings is 1. The number of primary amides is 1. The lowest BCUT2D eigenvalue weighted by molar-refractivity contribution is 0.1000. The first-order valence-corrected chi connectivity index (χ1v) is 6.14. The Bertz CT molecular complexity index is 746. The van der Waals surface area contributed by atoms with Gasteiger partial charge in [0.25, 0.3) is 5.56 Å². The topological polar surface area (TPSA) is 78.0 Å². The molecule has 2 rings (SSSR count). The summed E-state index contributed by atoms with van der Waals surface area (Å²) >= 11 is 11.3. The van der Waals surface area contributed by atoms with Crippen LogP contribution in [0.2, 0.25) is 10.2 Å². The van der Waals surface area contributed by atoms with Crippen LogP contribution in [0.1, 0.15) is 15.9 Å². The molecule has 0 saturated heterocycles. The number of nitrogens with two attached hydrogens (primary N) is 1. The fourth-order valence-electron chi connectivity index (χ4n) is 1.59. The van der Waals surface area contributed by atoms with Gasteiger partial charge in [-0.05, 0) is 18.2 Å². The van der Waals surface area contributed by atoms with Gasteiger partial charge in [0.1, 0.15) is 10.8 Å². The molecule has 1 heterocycles. The maximum atomic E-state index is 13.7. The Morgan fingerprint density at radius 2 is 2.10 bits per heavy atom. The largest absolute Gasteiger partial charge is 0.366 e. The van der Waals surface area contributed by atoms with Gasteiger partial charge < -0.3 is 5.73 Å². The van der Waals surface area contributed by atoms with Gasteiger partial charge in [0.2, 0.25) is 5.91 Å². The van der Waals surface area contributed by atoms with Gasteiger partial charge in [0, 0.05) is 11.1 Å². The predicted octanol–water partition coefficient (Wildman–Crippen LogP) is 1.84. The summed E-state index contributed by atoms with van der Waals surface area (Å²) in [6.07, 6.45) is 1.15. The van der Waals surface area contributed by atoms with Crippen LogP contribution in [0.3, 0.4) is 0 Å². The van der Waals surface area contributed by atoms with Gasteiger partial charge in [-0.15, -0.1) is 0 Å². The average molecular weight is 316 g/mol. The Balaban J connectivity index is 2.45. The molecule has 5 nitrogen and oxygen atoms in total. The standard InChI is InChI=1S/C12H8Cl2FN3O2/c13-9-10(14)17-5-18(12(9)20)4-7-3-6(11(16)19)1-2-8(7)15/h1-3,5H,4H2,(H2,16,19). The minimum absolute atomic E-state index is 0.114. The first kappa shape index (κ1) is 14.5. The summed E-state index contributed by atoms with van der Waals surface area (Å²) in [4.78, 5) is 26.6. The highest BCUT2D eigenvalue weighted by Crippen LogP contribution is 2.15. The van der Waals surface area contributed by atoms with E-state index >= 15 is 0 Å². The Morgan fingerprint density at radius 1 is 1.40 bits per heavy atom. The molecule has 1 aromatic carbocycles. The Hall–Kier alpha value is -1.92. The SMILES string of the molecule is NC(=O)c1ccc(F)c(Cn2cnc(Cl)c(Cl)c2=O)c1. The highest BCUT2D eigenvalue weighted by atomic mass is 35.5. The molecular weight excluding hydrogens is 308 g/mol. The van der Waals surface area contributed by atoms with Crippen molar-refractivity contribution in [2.45, 2.75) is 6.54 Å². The van der Waals surface area contributed by atoms with E-state index in [1.165, 1.54) is 12.1 Å². The van der Waals surface area contributed by atoms with Crippen molar-refractivity contribution in [3.05, 3.63) is 62.0 Å². The van der Waals surface area contributed by atoms with Crippen molar-refractivity contribution < 1.29 is 9.18 Å². The van der Waals surface area contributed by atoms with E-state index in [2.05, 4.69) is 4.98 Å². The summed E-state index contributed by atoms with van der Waals surface area (Å²) in [6.45, 7) is -0.143. The van der Waals surface area contributed by atoms with Crippen molar-refractivity contribution in [2.75, 3.05) is 0 Å². The maximum absolute atomic E-state index is 13.7. The molecule has 20 heavy (non-hydrogen) atoms. The molecule has 104 valence electrons. The fraction of sp³-hybridized carbons (Fsp3) is 0.0833. The van der Waals surface area contributed by atoms with E-state index < -0.39 is 17.3 Å². The van der Waals surface area contributed by atoms with Crippen LogP contribution in [0.25, 0.3) is 0 Å². The normalized spacial score (nSPS) is 10.6. The minimum Gasteiger partial charge on any atom is -0.366 e. The minimum atomic E-state index is -0.689. The first-order valence-electron chi connectivity index (χ1n) is 5.39. The number of hydrogen-bond donors (Lipinski definition) is 1. The lowest BCUT2D eigenvalue weighted by atomic mass is 10.1. The van der Waals surface area contributed by atoms with Gasteiger partial charge >= 0.3 is 0 Å². The lowest BCUT2D eigenvalue weighted by Gasteiger charge is -2.08. The summed E-state index contributed by atoms with van der Waals surface area (Å²) < 4.78 is 14.8. The number of hydrogen-bond acceptors (Lipinski definition) is 3. The van der Waals surface area contributed by atoms with Crippen molar-refractivity contribution in [3.8, 4) is 0 Å². The van der Waals surface area contributed by atoms with Gasteiger partial charge in [-0.1, -0.05) is 23.2 Å². The monoisotopic (exact) mass is 315 g/mol. The van der Waals surface area contributed by atoms with Gasteiger partial charge in [0.15, 0.2) is 5.15 Å². The van der Waals surface area contributed by atoms with Crippen molar-refractivity contribution in [3.63, 3.8) is 0 Å². The van der Waals surface area contributed by atoms with Crippen molar-refractivity contribution >= 4 is 29.1 Å². The molecule has 0 radical (unpaired) electrons. The van der Waals surface area contributed by atoms with Gasteiger partial charge in [-0.2, -0.15) is 0 Å². The summed E-state index contributed by atoms with van der Waals surface area (Å²) in [5, 5.41) is -0.375. The molecule has 2 N–H and O–H groups in total. The van der Waals surface area contributed by atoms with Crippen LogP contribution >= 0.6 is 23.2 Å². The molecule has 0 unspecified atom stereocenters. The Labute approximate surface area is 122 Å². The second kappa shape index (κ2) is 5.60. The zero-order valence-corrected chi connectivity index (χ0v) is 11.5. The van der Waals surface area contributed by atoms with Crippen LogP contribution in [0.15, 0.2) is 29.3 Å². The van der Waals surface area contributed by atoms with Crippen LogP contribution in [-0.4, -0.2) is 15.5 Å². The quantitative estimate of drug-likeness (QED) is 0.878. The second-order valence-electron chi connectivity index (χ2n) is 3.95. The molecule has 8 heteroatoms. The summed E-state index contributed by atoms with van der Waals surface area (Å²) in [5.41, 5.74) is 4.77. The van der Waals surface area contributed by atoms with E-state index in [0.29, 0.717) is 0 Å². The number of carbonyl (C=O) groups excluding carboxylic acids is 1. The molecule has 0 aliphatic rings. The summed E-state index contributed by atoms with van der Waals surface area (Å²) in [5.74, 6) is -1.26. The van der Waals surface area contributed by atoms with Crippen molar-refractivity contribution in [2.24, 2.45) is 5.73 Å². The average Bonchev–Trinajstić information content (AvgIpc) is 2.41. The zero-order chi connectivity index (χ0) is 14.9. The molecule has 1 amide bonds. The summed E-state index contributed by atoms with van der Waals surface area (Å²) in [7, 11) is 0. The number of amides is 1. The number of rotatable bonds is 3. The molecule has 0 atom stereocenters. The van der Waals surface area contributed by atoms with Crippen molar-refractivity contribution in [1.82, 2.24) is 9.55 Å². The number of carbonyl (C=O) groups is 1. The van der Waals surface area contributed by atoms with Crippen LogP contribution < -0.4 is 11.3 Å². The fourth-order valence-corrected chi connectivity index (χ4v) is 1.87. The lowest BCUT2D eigenvalue weighted by Crippen LogP contribution is -2.22. The molecule has 0 aliphatic heterocycles. The van der Waals surface area contributed by atoms with Gasteiger partial charge in [0.05, 0.1) is 12.9 Å². The molecule has 1 aromatic heterocycles. The highest BCUT2D eigenvalue weighted by Gasteiger charge is 2.11. The molecule has 0 saturated carbocycles. The third-order valence-electron chi connectivity index (χ3n) is 2.61. The van der Waals surface area contributed by atoms with Crippen LogP contribution in [0.4, 0.5) is 4.39 Å². The van der Waals surface area contributed by atoms with Crippen LogP contribution in [0, 0.1) is 5.82 Å². The molecule has 0 fully saturated rings. The van der Waals surface area contributed by atoms with Crippen molar-refractivity contribution in [1.29, 1.82) is 0 Å². The van der Waals surface area contributed by atoms with E-state index in [-0.39, 0.29) is 27.8 Å². The van der Waals surface area contributed by atoms with Gasteiger partial charge in [-0.3, -0.25) is 14.2 Å². The van der Waals surface area contributed by atoms with E-state index in [4.69, 9.17) is 28.9 Å². The van der Waals surface area contributed by atoms with E-state index in [1.807, 2.05) is 0 Å². The second-order valence-corrected chi connectivity index (χ2v) is 4.69. The maximum Gasteiger partial charge on any atom is 0.273 e. The third kappa shape index (κ3) is 2.81. The van der Waals surface area contributed by atoms with E-state index in [1.54, 1.807) is 0 Å². The number of nitrogens with zero attached hydrogens (tertiary/aromatic N) is 2. The molecule has 0 aliphatic carbocycles. The number of halogens is 3. The third-order valence-corrected chi connectivity index (χ3v) is 3.34. The summed E-state index contributed by atoms with van der Waals surface area (Å²) in [6, 6.07) is 3.63. The number of aromatic nitrogens is 2. The molecule has 0 bridgehead atoms. The highest BCUT2D eigenvalue weighted by molar-refractivity contribution is 6.40. The first-order chi connectivity index (χ1) is 9.40. The van der Waals surface area contributed by atoms with Gasteiger partial charge in [-0.25, -0.2) is 9.37 Å². The van der Waals surface area contributed by atoms with Crippen LogP contribution in [-0.2, 0) is 6.54 Å². The molecule has 0 spiro atoms. The Morgan fingerprint density at radius 3 is 2.75 bits per heavy atom. The predicted molar refractivity (Wildman–Crippen MR) is 72.5 cm³/mol. The molecular formula is C12H8Cl2FN3O2. The zero-order valence-electron chi connectivity index (χ0n) is 9.94. The Kier molecular flexibility index (Phi) is 4.06. The van der Waals surface area contributed by atoms with E-state index in [9.17, 15) is 14.0 Å². The van der Waals surface area contributed by atoms with Crippen LogP contribution in [0.5, 0.6) is 0 Å². The molecule has 2 aromatic rings. The van der Waals surface area contributed by atoms with E-state index in [0.717, 1.165) is 17.0 Å².